The summed E-state index contributed by atoms with van der Waals surface area (Å²) in [7, 11) is 0. The molecule has 0 aliphatic rings. The van der Waals surface area contributed by atoms with Crippen molar-refractivity contribution in [1.82, 2.24) is 0 Å². The van der Waals surface area contributed by atoms with Gasteiger partial charge in [-0.1, -0.05) is 0 Å². The van der Waals surface area contributed by atoms with Gasteiger partial charge < -0.3 is 0 Å². The number of rotatable bonds is 0. The second-order valence-electron chi connectivity index (χ2n) is 1.96. The van der Waals surface area contributed by atoms with Crippen molar-refractivity contribution in [3.05, 3.63) is 33.6 Å². The van der Waals surface area contributed by atoms with Crippen LogP contribution in [0, 0.1) is 28.8 Å². The Morgan fingerprint density at radius 1 is 1.25 bits per heavy atom. The van der Waals surface area contributed by atoms with Gasteiger partial charge in [0.15, 0.2) is 17.5 Å². The maximum Gasteiger partial charge on any atom is 0.176 e. The van der Waals surface area contributed by atoms with E-state index in [0.29, 0.717) is 6.07 Å². The standard InChI is InChI=1S/C7HBrF3N/c8-5-6(10)3(2-12)1-4(9)7(5)11/h1H. The van der Waals surface area contributed by atoms with Gasteiger partial charge in [0.25, 0.3) is 0 Å². The lowest BCUT2D eigenvalue weighted by molar-refractivity contribution is 0.486. The van der Waals surface area contributed by atoms with Gasteiger partial charge in [-0.2, -0.15) is 5.26 Å². The second-order valence-corrected chi connectivity index (χ2v) is 2.75. The first-order chi connectivity index (χ1) is 5.57. The molecular weight excluding hydrogens is 235 g/mol. The molecule has 0 aromatic heterocycles. The molecule has 0 aliphatic heterocycles. The highest BCUT2D eigenvalue weighted by Crippen LogP contribution is 2.24. The van der Waals surface area contributed by atoms with E-state index in [1.807, 2.05) is 0 Å². The van der Waals surface area contributed by atoms with Crippen LogP contribution in [0.15, 0.2) is 10.5 Å². The molecule has 1 aromatic carbocycles. The van der Waals surface area contributed by atoms with Gasteiger partial charge in [0.05, 0.1) is 10.0 Å². The fourth-order valence-electron chi connectivity index (χ4n) is 0.654. The normalized spacial score (nSPS) is 9.58. The molecule has 0 saturated carbocycles. The number of hydrogen-bond donors (Lipinski definition) is 0. The smallest absolute Gasteiger partial charge is 0.176 e. The quantitative estimate of drug-likeness (QED) is 0.501. The highest BCUT2D eigenvalue weighted by molar-refractivity contribution is 9.10. The monoisotopic (exact) mass is 235 g/mol. The third-order valence-corrected chi connectivity index (χ3v) is 1.92. The Labute approximate surface area is 74.6 Å². The molecule has 0 fully saturated rings. The molecule has 0 saturated heterocycles. The van der Waals surface area contributed by atoms with Crippen LogP contribution in [0.4, 0.5) is 13.2 Å². The molecule has 0 aliphatic carbocycles. The van der Waals surface area contributed by atoms with E-state index in [9.17, 15) is 13.2 Å². The number of nitriles is 1. The predicted molar refractivity (Wildman–Crippen MR) is 38.7 cm³/mol. The van der Waals surface area contributed by atoms with Crippen LogP contribution in [-0.2, 0) is 0 Å². The summed E-state index contributed by atoms with van der Waals surface area (Å²) in [6.45, 7) is 0. The van der Waals surface area contributed by atoms with Gasteiger partial charge in [-0.15, -0.1) is 0 Å². The molecule has 0 atom stereocenters. The molecule has 0 spiro atoms. The van der Waals surface area contributed by atoms with Gasteiger partial charge in [-0.3, -0.25) is 0 Å². The Balaban J connectivity index is 3.52. The molecule has 0 radical (unpaired) electrons. The maximum atomic E-state index is 12.8. The molecule has 1 rings (SSSR count). The van der Waals surface area contributed by atoms with E-state index in [1.165, 1.54) is 6.07 Å². The zero-order valence-electron chi connectivity index (χ0n) is 5.54. The number of benzene rings is 1. The Morgan fingerprint density at radius 3 is 2.33 bits per heavy atom. The molecule has 0 amide bonds. The second kappa shape index (κ2) is 3.15. The molecule has 5 heteroatoms. The van der Waals surface area contributed by atoms with Crippen LogP contribution in [0.25, 0.3) is 0 Å². The minimum Gasteiger partial charge on any atom is -0.204 e. The van der Waals surface area contributed by atoms with E-state index < -0.39 is 27.5 Å². The van der Waals surface area contributed by atoms with Crippen LogP contribution >= 0.6 is 15.9 Å². The molecule has 62 valence electrons. The van der Waals surface area contributed by atoms with Crippen molar-refractivity contribution < 1.29 is 13.2 Å². The van der Waals surface area contributed by atoms with Gasteiger partial charge in [-0.05, 0) is 22.0 Å². The number of nitrogens with zero attached hydrogens (tertiary/aromatic N) is 1. The first-order valence-electron chi connectivity index (χ1n) is 2.81. The zero-order chi connectivity index (χ0) is 9.30. The maximum absolute atomic E-state index is 12.8. The summed E-state index contributed by atoms with van der Waals surface area (Å²) >= 11 is 2.48. The Bertz CT molecular complexity index is 370. The van der Waals surface area contributed by atoms with E-state index in [-0.39, 0.29) is 0 Å². The highest BCUT2D eigenvalue weighted by Gasteiger charge is 2.15. The van der Waals surface area contributed by atoms with Crippen molar-refractivity contribution in [3.63, 3.8) is 0 Å². The Hall–Kier alpha value is -1.02. The van der Waals surface area contributed by atoms with Gasteiger partial charge in [0.2, 0.25) is 0 Å². The van der Waals surface area contributed by atoms with Crippen LogP contribution in [0.3, 0.4) is 0 Å². The average molecular weight is 236 g/mol. The van der Waals surface area contributed by atoms with Gasteiger partial charge in [0.1, 0.15) is 6.07 Å². The van der Waals surface area contributed by atoms with Crippen LogP contribution in [0.1, 0.15) is 5.56 Å². The summed E-state index contributed by atoms with van der Waals surface area (Å²) in [4.78, 5) is 0. The molecular formula is C7HBrF3N. The van der Waals surface area contributed by atoms with Crippen LogP contribution in [-0.4, -0.2) is 0 Å². The van der Waals surface area contributed by atoms with E-state index in [0.717, 1.165) is 0 Å². The summed E-state index contributed by atoms with van der Waals surface area (Å²) in [5, 5.41) is 8.26. The molecule has 12 heavy (non-hydrogen) atoms. The van der Waals surface area contributed by atoms with Crippen LogP contribution < -0.4 is 0 Å². The lowest BCUT2D eigenvalue weighted by Gasteiger charge is -1.99. The van der Waals surface area contributed by atoms with Gasteiger partial charge in [0, 0.05) is 0 Å². The lowest BCUT2D eigenvalue weighted by Crippen LogP contribution is -1.94. The Morgan fingerprint density at radius 2 is 1.83 bits per heavy atom. The fraction of sp³-hybridized carbons (Fsp3) is 0. The van der Waals surface area contributed by atoms with E-state index >= 15 is 0 Å². The van der Waals surface area contributed by atoms with Crippen LogP contribution in [0.2, 0.25) is 0 Å². The number of hydrogen-bond acceptors (Lipinski definition) is 1. The SMILES string of the molecule is N#Cc1cc(F)c(F)c(Br)c1F. The first-order valence-corrected chi connectivity index (χ1v) is 3.60. The summed E-state index contributed by atoms with van der Waals surface area (Å²) < 4.78 is 37.1. The predicted octanol–water partition coefficient (Wildman–Crippen LogP) is 2.74. The topological polar surface area (TPSA) is 23.8 Å². The van der Waals surface area contributed by atoms with Crippen molar-refractivity contribution in [1.29, 1.82) is 5.26 Å². The summed E-state index contributed by atoms with van der Waals surface area (Å²) in [5.74, 6) is -3.66. The molecule has 0 N–H and O–H groups in total. The lowest BCUT2D eigenvalue weighted by atomic mass is 10.2. The molecule has 0 heterocycles. The Kier molecular flexibility index (Phi) is 2.38. The molecule has 0 unspecified atom stereocenters. The van der Waals surface area contributed by atoms with Gasteiger partial charge >= 0.3 is 0 Å². The fourth-order valence-corrected chi connectivity index (χ4v) is 1.06. The third kappa shape index (κ3) is 1.30. The van der Waals surface area contributed by atoms with Gasteiger partial charge in [-0.25, -0.2) is 13.2 Å². The highest BCUT2D eigenvalue weighted by atomic mass is 79.9. The molecule has 1 nitrogen and oxygen atoms in total. The molecule has 1 aromatic rings. The average Bonchev–Trinajstić information content (AvgIpc) is 2.08. The number of halogens is 4. The van der Waals surface area contributed by atoms with Crippen molar-refractivity contribution in [2.45, 2.75) is 0 Å². The summed E-state index contributed by atoms with van der Waals surface area (Å²) in [6.07, 6.45) is 0. The molecule has 0 bridgehead atoms. The largest absolute Gasteiger partial charge is 0.204 e. The van der Waals surface area contributed by atoms with Crippen molar-refractivity contribution >= 4 is 15.9 Å². The van der Waals surface area contributed by atoms with Crippen molar-refractivity contribution in [3.8, 4) is 6.07 Å². The van der Waals surface area contributed by atoms with E-state index in [1.54, 1.807) is 0 Å². The third-order valence-electron chi connectivity index (χ3n) is 1.22. The zero-order valence-corrected chi connectivity index (χ0v) is 7.12. The van der Waals surface area contributed by atoms with E-state index in [2.05, 4.69) is 15.9 Å². The first kappa shape index (κ1) is 9.07. The van der Waals surface area contributed by atoms with Crippen LogP contribution in [0.5, 0.6) is 0 Å². The summed E-state index contributed by atoms with van der Waals surface area (Å²) in [6, 6.07) is 1.90. The van der Waals surface area contributed by atoms with Crippen molar-refractivity contribution in [2.24, 2.45) is 0 Å². The minimum atomic E-state index is -1.33. The van der Waals surface area contributed by atoms with Crippen molar-refractivity contribution in [2.75, 3.05) is 0 Å². The minimum absolute atomic E-state index is 0.509. The summed E-state index contributed by atoms with van der Waals surface area (Å²) in [5.41, 5.74) is -0.527. The van der Waals surface area contributed by atoms with E-state index in [4.69, 9.17) is 5.26 Å².